The molecule has 0 aliphatic carbocycles. The number of esters is 1. The minimum absolute atomic E-state index is 0.165. The van der Waals surface area contributed by atoms with Gasteiger partial charge >= 0.3 is 5.97 Å². The van der Waals surface area contributed by atoms with Gasteiger partial charge in [-0.15, -0.1) is 11.3 Å². The number of ether oxygens (including phenoxy) is 1. The minimum Gasteiger partial charge on any atom is -0.462 e. The predicted octanol–water partition coefficient (Wildman–Crippen LogP) is 2.42. The SMILES string of the molecule is CCOC(=O)c1c(NC(C)CC)sc(C(=O)N(C)C)c1N. The molecule has 0 radical (unpaired) electrons. The van der Waals surface area contributed by atoms with Gasteiger partial charge in [0, 0.05) is 20.1 Å². The van der Waals surface area contributed by atoms with Gasteiger partial charge in [-0.25, -0.2) is 4.79 Å². The van der Waals surface area contributed by atoms with Crippen LogP contribution in [0.5, 0.6) is 0 Å². The van der Waals surface area contributed by atoms with Crippen molar-refractivity contribution in [2.75, 3.05) is 31.8 Å². The van der Waals surface area contributed by atoms with Crippen molar-refractivity contribution in [1.82, 2.24) is 4.90 Å². The van der Waals surface area contributed by atoms with Crippen LogP contribution in [0.2, 0.25) is 0 Å². The van der Waals surface area contributed by atoms with E-state index in [-0.39, 0.29) is 29.8 Å². The number of hydrogen-bond acceptors (Lipinski definition) is 6. The van der Waals surface area contributed by atoms with E-state index in [0.29, 0.717) is 9.88 Å². The maximum absolute atomic E-state index is 12.1. The second-order valence-electron chi connectivity index (χ2n) is 4.92. The second-order valence-corrected chi connectivity index (χ2v) is 5.94. The van der Waals surface area contributed by atoms with E-state index in [1.54, 1.807) is 21.0 Å². The molecule has 0 bridgehead atoms. The largest absolute Gasteiger partial charge is 0.462 e. The number of nitrogens with two attached hydrogens (primary N) is 1. The number of anilines is 2. The monoisotopic (exact) mass is 313 g/mol. The third kappa shape index (κ3) is 3.87. The average Bonchev–Trinajstić information content (AvgIpc) is 2.74. The molecule has 0 spiro atoms. The van der Waals surface area contributed by atoms with Gasteiger partial charge in [0.1, 0.15) is 15.4 Å². The number of amides is 1. The smallest absolute Gasteiger partial charge is 0.343 e. The van der Waals surface area contributed by atoms with Crippen LogP contribution in [0, 0.1) is 0 Å². The fraction of sp³-hybridized carbons (Fsp3) is 0.571. The number of nitrogens with zero attached hydrogens (tertiary/aromatic N) is 1. The first-order valence-electron chi connectivity index (χ1n) is 6.90. The summed E-state index contributed by atoms with van der Waals surface area (Å²) in [6.07, 6.45) is 0.886. The van der Waals surface area contributed by atoms with Gasteiger partial charge in [0.05, 0.1) is 12.3 Å². The molecular formula is C14H23N3O3S. The van der Waals surface area contributed by atoms with Crippen molar-refractivity contribution >= 4 is 33.9 Å². The Hall–Kier alpha value is -1.76. The highest BCUT2D eigenvalue weighted by Gasteiger charge is 2.27. The maximum Gasteiger partial charge on any atom is 0.343 e. The van der Waals surface area contributed by atoms with Crippen molar-refractivity contribution in [3.05, 3.63) is 10.4 Å². The molecule has 1 heterocycles. The second kappa shape index (κ2) is 7.31. The zero-order valence-corrected chi connectivity index (χ0v) is 14.0. The summed E-state index contributed by atoms with van der Waals surface area (Å²) in [6.45, 7) is 6.02. The topological polar surface area (TPSA) is 84.7 Å². The molecule has 0 aromatic carbocycles. The third-order valence-corrected chi connectivity index (χ3v) is 4.14. The van der Waals surface area contributed by atoms with Crippen molar-refractivity contribution < 1.29 is 14.3 Å². The summed E-state index contributed by atoms with van der Waals surface area (Å²) < 4.78 is 5.04. The van der Waals surface area contributed by atoms with Crippen LogP contribution in [0.1, 0.15) is 47.2 Å². The number of nitrogens with one attached hydrogen (secondary N) is 1. The number of thiophene rings is 1. The van der Waals surface area contributed by atoms with Crippen LogP contribution >= 0.6 is 11.3 Å². The van der Waals surface area contributed by atoms with Crippen LogP contribution in [0.25, 0.3) is 0 Å². The Kier molecular flexibility index (Phi) is 6.02. The summed E-state index contributed by atoms with van der Waals surface area (Å²) >= 11 is 1.19. The molecule has 0 saturated carbocycles. The van der Waals surface area contributed by atoms with Gasteiger partial charge < -0.3 is 20.7 Å². The summed E-state index contributed by atoms with van der Waals surface area (Å²) in [7, 11) is 3.29. The lowest BCUT2D eigenvalue weighted by molar-refractivity contribution is 0.0529. The number of nitrogen functional groups attached to an aromatic ring is 1. The zero-order valence-electron chi connectivity index (χ0n) is 13.1. The molecule has 3 N–H and O–H groups in total. The van der Waals surface area contributed by atoms with Gasteiger partial charge in [-0.05, 0) is 20.3 Å². The van der Waals surface area contributed by atoms with E-state index < -0.39 is 5.97 Å². The lowest BCUT2D eigenvalue weighted by Crippen LogP contribution is -2.21. The Morgan fingerprint density at radius 3 is 2.48 bits per heavy atom. The Bertz CT molecular complexity index is 526. The summed E-state index contributed by atoms with van der Waals surface area (Å²) in [4.78, 5) is 26.0. The molecule has 0 fully saturated rings. The minimum atomic E-state index is -0.505. The molecule has 1 amide bonds. The molecule has 0 aliphatic rings. The molecule has 1 aromatic rings. The first kappa shape index (κ1) is 17.3. The van der Waals surface area contributed by atoms with Gasteiger partial charge in [-0.2, -0.15) is 0 Å². The molecule has 0 aliphatic heterocycles. The quantitative estimate of drug-likeness (QED) is 0.788. The Labute approximate surface area is 129 Å². The number of carbonyl (C=O) groups excluding carboxylic acids is 2. The lowest BCUT2D eigenvalue weighted by Gasteiger charge is -2.12. The van der Waals surface area contributed by atoms with Gasteiger partial charge in [0.2, 0.25) is 0 Å². The molecule has 0 saturated heterocycles. The number of hydrogen-bond donors (Lipinski definition) is 2. The van der Waals surface area contributed by atoms with E-state index in [0.717, 1.165) is 6.42 Å². The van der Waals surface area contributed by atoms with Gasteiger partial charge in [-0.3, -0.25) is 4.79 Å². The zero-order chi connectivity index (χ0) is 16.2. The Morgan fingerprint density at radius 2 is 2.00 bits per heavy atom. The van der Waals surface area contributed by atoms with E-state index in [1.807, 2.05) is 13.8 Å². The highest BCUT2D eigenvalue weighted by atomic mass is 32.1. The summed E-state index contributed by atoms with van der Waals surface area (Å²) in [5, 5.41) is 3.81. The van der Waals surface area contributed by atoms with Crippen LogP contribution in [0.3, 0.4) is 0 Å². The fourth-order valence-corrected chi connectivity index (χ4v) is 2.88. The van der Waals surface area contributed by atoms with E-state index in [4.69, 9.17) is 10.5 Å². The Balaban J connectivity index is 3.29. The fourth-order valence-electron chi connectivity index (χ4n) is 1.64. The maximum atomic E-state index is 12.1. The summed E-state index contributed by atoms with van der Waals surface area (Å²) in [5.74, 6) is -0.727. The van der Waals surface area contributed by atoms with Crippen LogP contribution < -0.4 is 11.1 Å². The van der Waals surface area contributed by atoms with Crippen molar-refractivity contribution in [3.8, 4) is 0 Å². The Morgan fingerprint density at radius 1 is 1.38 bits per heavy atom. The molecule has 1 atom stereocenters. The standard InChI is InChI=1S/C14H23N3O3S/c1-6-8(3)16-12-9(14(19)20-7-2)10(15)11(21-12)13(18)17(4)5/h8,16H,6-7,15H2,1-5H3. The van der Waals surface area contributed by atoms with Crippen molar-refractivity contribution in [3.63, 3.8) is 0 Å². The first-order valence-corrected chi connectivity index (χ1v) is 7.72. The normalized spacial score (nSPS) is 11.9. The predicted molar refractivity (Wildman–Crippen MR) is 86.1 cm³/mol. The van der Waals surface area contributed by atoms with Crippen molar-refractivity contribution in [2.45, 2.75) is 33.2 Å². The van der Waals surface area contributed by atoms with Gasteiger partial charge in [-0.1, -0.05) is 6.92 Å². The van der Waals surface area contributed by atoms with Crippen LogP contribution in [-0.4, -0.2) is 43.5 Å². The van der Waals surface area contributed by atoms with E-state index in [9.17, 15) is 9.59 Å². The highest BCUT2D eigenvalue weighted by Crippen LogP contribution is 2.37. The average molecular weight is 313 g/mol. The lowest BCUT2D eigenvalue weighted by atomic mass is 10.2. The molecule has 1 aromatic heterocycles. The molecular weight excluding hydrogens is 290 g/mol. The molecule has 21 heavy (non-hydrogen) atoms. The van der Waals surface area contributed by atoms with Crippen LogP contribution in [0.4, 0.5) is 10.7 Å². The van der Waals surface area contributed by atoms with E-state index in [2.05, 4.69) is 5.32 Å². The molecule has 118 valence electrons. The summed E-state index contributed by atoms with van der Waals surface area (Å²) in [6, 6.07) is 0.165. The third-order valence-electron chi connectivity index (χ3n) is 3.01. The van der Waals surface area contributed by atoms with Crippen molar-refractivity contribution in [1.29, 1.82) is 0 Å². The summed E-state index contributed by atoms with van der Waals surface area (Å²) in [5.41, 5.74) is 6.45. The van der Waals surface area contributed by atoms with Crippen molar-refractivity contribution in [2.24, 2.45) is 0 Å². The van der Waals surface area contributed by atoms with E-state index >= 15 is 0 Å². The molecule has 1 rings (SSSR count). The van der Waals surface area contributed by atoms with E-state index in [1.165, 1.54) is 16.2 Å². The number of rotatable bonds is 6. The molecule has 1 unspecified atom stereocenters. The molecule has 6 nitrogen and oxygen atoms in total. The highest BCUT2D eigenvalue weighted by molar-refractivity contribution is 7.19. The van der Waals surface area contributed by atoms with Crippen LogP contribution in [0.15, 0.2) is 0 Å². The van der Waals surface area contributed by atoms with Gasteiger partial charge in [0.15, 0.2) is 0 Å². The number of carbonyl (C=O) groups is 2. The van der Waals surface area contributed by atoms with Gasteiger partial charge in [0.25, 0.3) is 5.91 Å². The first-order chi connectivity index (χ1) is 9.83. The molecule has 7 heteroatoms. The van der Waals surface area contributed by atoms with Crippen LogP contribution in [-0.2, 0) is 4.74 Å².